The maximum absolute atomic E-state index is 12.2. The standard InChI is InChI=1S/C14H21NO4S/c1-10(2)8-13(9-16)15-20(18,19)14-6-4-12(5-7-14)11(3)17/h4-7,10,13,15-16H,8-9H2,1-3H3. The van der Waals surface area contributed by atoms with Gasteiger partial charge in [0.05, 0.1) is 11.5 Å². The zero-order valence-corrected chi connectivity index (χ0v) is 12.8. The number of benzene rings is 1. The van der Waals surface area contributed by atoms with Gasteiger partial charge in [-0.2, -0.15) is 0 Å². The monoisotopic (exact) mass is 299 g/mol. The van der Waals surface area contributed by atoms with Gasteiger partial charge in [-0.25, -0.2) is 13.1 Å². The number of aliphatic hydroxyl groups excluding tert-OH is 1. The van der Waals surface area contributed by atoms with Crippen LogP contribution in [0.4, 0.5) is 0 Å². The minimum absolute atomic E-state index is 0.0877. The third-order valence-corrected chi connectivity index (χ3v) is 4.41. The molecule has 0 bridgehead atoms. The predicted molar refractivity (Wildman–Crippen MR) is 77.1 cm³/mol. The molecule has 0 amide bonds. The quantitative estimate of drug-likeness (QED) is 0.749. The number of aliphatic hydroxyl groups is 1. The smallest absolute Gasteiger partial charge is 0.240 e. The Morgan fingerprint density at radius 2 is 1.80 bits per heavy atom. The zero-order chi connectivity index (χ0) is 15.3. The van der Waals surface area contributed by atoms with Crippen molar-refractivity contribution in [3.8, 4) is 0 Å². The Hall–Kier alpha value is -1.24. The normalized spacial score (nSPS) is 13.4. The largest absolute Gasteiger partial charge is 0.395 e. The van der Waals surface area contributed by atoms with Crippen LogP contribution >= 0.6 is 0 Å². The number of carbonyl (C=O) groups excluding carboxylic acids is 1. The molecule has 5 nitrogen and oxygen atoms in total. The Morgan fingerprint density at radius 3 is 2.20 bits per heavy atom. The van der Waals surface area contributed by atoms with Crippen molar-refractivity contribution in [3.05, 3.63) is 29.8 Å². The van der Waals surface area contributed by atoms with Crippen LogP contribution in [0.1, 0.15) is 37.6 Å². The lowest BCUT2D eigenvalue weighted by Crippen LogP contribution is -2.38. The molecule has 20 heavy (non-hydrogen) atoms. The summed E-state index contributed by atoms with van der Waals surface area (Å²) in [5, 5.41) is 9.23. The molecule has 0 aliphatic heterocycles. The second kappa shape index (κ2) is 6.97. The van der Waals surface area contributed by atoms with Crippen molar-refractivity contribution in [1.82, 2.24) is 4.72 Å². The van der Waals surface area contributed by atoms with E-state index in [4.69, 9.17) is 0 Å². The molecular formula is C14H21NO4S. The van der Waals surface area contributed by atoms with E-state index in [1.807, 2.05) is 13.8 Å². The maximum atomic E-state index is 12.2. The highest BCUT2D eigenvalue weighted by molar-refractivity contribution is 7.89. The van der Waals surface area contributed by atoms with Crippen molar-refractivity contribution in [2.24, 2.45) is 5.92 Å². The number of hydrogen-bond acceptors (Lipinski definition) is 4. The molecule has 0 radical (unpaired) electrons. The molecule has 0 saturated carbocycles. The molecule has 0 fully saturated rings. The van der Waals surface area contributed by atoms with Crippen LogP contribution in [0.15, 0.2) is 29.2 Å². The molecular weight excluding hydrogens is 278 g/mol. The second-order valence-electron chi connectivity index (χ2n) is 5.21. The lowest BCUT2D eigenvalue weighted by atomic mass is 10.1. The molecule has 1 unspecified atom stereocenters. The minimum Gasteiger partial charge on any atom is -0.395 e. The Bertz CT molecular complexity index is 549. The van der Waals surface area contributed by atoms with Crippen LogP contribution in [0.5, 0.6) is 0 Å². The maximum Gasteiger partial charge on any atom is 0.240 e. The van der Waals surface area contributed by atoms with E-state index in [9.17, 15) is 18.3 Å². The van der Waals surface area contributed by atoms with E-state index in [1.165, 1.54) is 31.2 Å². The average molecular weight is 299 g/mol. The number of sulfonamides is 1. The first kappa shape index (κ1) is 16.8. The summed E-state index contributed by atoms with van der Waals surface area (Å²) in [5.74, 6) is 0.157. The first-order valence-corrected chi connectivity index (χ1v) is 7.98. The van der Waals surface area contributed by atoms with Gasteiger partial charge in [-0.15, -0.1) is 0 Å². The molecule has 6 heteroatoms. The lowest BCUT2D eigenvalue weighted by Gasteiger charge is -2.18. The van der Waals surface area contributed by atoms with E-state index >= 15 is 0 Å². The van der Waals surface area contributed by atoms with Gasteiger partial charge in [0.15, 0.2) is 5.78 Å². The molecule has 112 valence electrons. The van der Waals surface area contributed by atoms with Gasteiger partial charge in [0.25, 0.3) is 0 Å². The molecule has 2 N–H and O–H groups in total. The summed E-state index contributed by atoms with van der Waals surface area (Å²) in [7, 11) is -3.68. The van der Waals surface area contributed by atoms with Crippen molar-refractivity contribution in [1.29, 1.82) is 0 Å². The molecule has 1 atom stereocenters. The van der Waals surface area contributed by atoms with Gasteiger partial charge >= 0.3 is 0 Å². The highest BCUT2D eigenvalue weighted by Gasteiger charge is 2.20. The predicted octanol–water partition coefficient (Wildman–Crippen LogP) is 1.57. The van der Waals surface area contributed by atoms with Crippen molar-refractivity contribution < 1.29 is 18.3 Å². The Kier molecular flexibility index (Phi) is 5.86. The summed E-state index contributed by atoms with van der Waals surface area (Å²) in [6, 6.07) is 5.24. The van der Waals surface area contributed by atoms with Crippen molar-refractivity contribution in [2.45, 2.75) is 38.1 Å². The van der Waals surface area contributed by atoms with Crippen molar-refractivity contribution >= 4 is 15.8 Å². The van der Waals surface area contributed by atoms with Gasteiger partial charge < -0.3 is 5.11 Å². The van der Waals surface area contributed by atoms with Crippen molar-refractivity contribution in [3.63, 3.8) is 0 Å². The van der Waals surface area contributed by atoms with Crippen LogP contribution in [0, 0.1) is 5.92 Å². The lowest BCUT2D eigenvalue weighted by molar-refractivity contribution is 0.101. The fraction of sp³-hybridized carbons (Fsp3) is 0.500. The van der Waals surface area contributed by atoms with E-state index in [1.54, 1.807) is 0 Å². The van der Waals surface area contributed by atoms with E-state index in [0.29, 0.717) is 12.0 Å². The van der Waals surface area contributed by atoms with Crippen LogP contribution in [0.3, 0.4) is 0 Å². The zero-order valence-electron chi connectivity index (χ0n) is 12.0. The SMILES string of the molecule is CC(=O)c1ccc(S(=O)(=O)NC(CO)CC(C)C)cc1. The fourth-order valence-electron chi connectivity index (χ4n) is 1.89. The highest BCUT2D eigenvalue weighted by atomic mass is 32.2. The minimum atomic E-state index is -3.68. The number of hydrogen-bond donors (Lipinski definition) is 2. The molecule has 0 spiro atoms. The second-order valence-corrected chi connectivity index (χ2v) is 6.92. The summed E-state index contributed by atoms with van der Waals surface area (Å²) in [5.41, 5.74) is 0.463. The fourth-order valence-corrected chi connectivity index (χ4v) is 3.13. The van der Waals surface area contributed by atoms with Crippen molar-refractivity contribution in [2.75, 3.05) is 6.61 Å². The summed E-state index contributed by atoms with van der Waals surface area (Å²) in [6.07, 6.45) is 0.557. The van der Waals surface area contributed by atoms with Gasteiger partial charge in [0.1, 0.15) is 0 Å². The molecule has 0 aromatic heterocycles. The molecule has 0 saturated heterocycles. The van der Waals surface area contributed by atoms with E-state index in [2.05, 4.69) is 4.72 Å². The van der Waals surface area contributed by atoms with Gasteiger partial charge in [0, 0.05) is 11.6 Å². The number of Topliss-reactive ketones (excluding diaryl/α,β-unsaturated/α-hetero) is 1. The molecule has 1 aromatic rings. The topological polar surface area (TPSA) is 83.5 Å². The van der Waals surface area contributed by atoms with E-state index < -0.39 is 16.1 Å². The van der Waals surface area contributed by atoms with Gasteiger partial charge in [-0.3, -0.25) is 4.79 Å². The van der Waals surface area contributed by atoms with Crippen LogP contribution in [-0.4, -0.2) is 32.0 Å². The van der Waals surface area contributed by atoms with Gasteiger partial charge in [0.2, 0.25) is 10.0 Å². The summed E-state index contributed by atoms with van der Waals surface area (Å²) < 4.78 is 26.8. The van der Waals surface area contributed by atoms with Crippen LogP contribution < -0.4 is 4.72 Å². The number of rotatable bonds is 7. The Morgan fingerprint density at radius 1 is 1.25 bits per heavy atom. The third-order valence-electron chi connectivity index (χ3n) is 2.87. The number of nitrogens with one attached hydrogen (secondary N) is 1. The Balaban J connectivity index is 2.90. The number of ketones is 1. The number of carbonyl (C=O) groups is 1. The molecule has 0 heterocycles. The van der Waals surface area contributed by atoms with Crippen LogP contribution in [-0.2, 0) is 10.0 Å². The summed E-state index contributed by atoms with van der Waals surface area (Å²) >= 11 is 0. The molecule has 0 aliphatic carbocycles. The van der Waals surface area contributed by atoms with Crippen LogP contribution in [0.25, 0.3) is 0 Å². The highest BCUT2D eigenvalue weighted by Crippen LogP contribution is 2.13. The molecule has 1 rings (SSSR count). The molecule has 1 aromatic carbocycles. The third kappa shape index (κ3) is 4.70. The summed E-state index contributed by atoms with van der Waals surface area (Å²) in [6.45, 7) is 5.09. The average Bonchev–Trinajstić information content (AvgIpc) is 2.37. The summed E-state index contributed by atoms with van der Waals surface area (Å²) in [4.78, 5) is 11.2. The van der Waals surface area contributed by atoms with E-state index in [-0.39, 0.29) is 23.2 Å². The Labute approximate surface area is 120 Å². The van der Waals surface area contributed by atoms with E-state index in [0.717, 1.165) is 0 Å². The molecule has 0 aliphatic rings. The van der Waals surface area contributed by atoms with Gasteiger partial charge in [-0.1, -0.05) is 26.0 Å². The first-order chi connectivity index (χ1) is 9.26. The van der Waals surface area contributed by atoms with Gasteiger partial charge in [-0.05, 0) is 31.4 Å². The first-order valence-electron chi connectivity index (χ1n) is 6.50. The van der Waals surface area contributed by atoms with Crippen LogP contribution in [0.2, 0.25) is 0 Å².